The van der Waals surface area contributed by atoms with Crippen LogP contribution in [0.2, 0.25) is 0 Å². The van der Waals surface area contributed by atoms with E-state index >= 15 is 0 Å². The number of benzene rings is 2. The molecule has 1 heterocycles. The second-order valence-electron chi connectivity index (χ2n) is 7.52. The number of methoxy groups -OCH3 is 1. The third-order valence-electron chi connectivity index (χ3n) is 5.51. The van der Waals surface area contributed by atoms with Gasteiger partial charge in [0.25, 0.3) is 11.5 Å². The number of hydrogen-bond acceptors (Lipinski definition) is 3. The van der Waals surface area contributed by atoms with Crippen molar-refractivity contribution in [3.8, 4) is 0 Å². The molecule has 0 bridgehead atoms. The minimum atomic E-state index is -5.98. The third-order valence-corrected chi connectivity index (χ3v) is 5.51. The van der Waals surface area contributed by atoms with Crippen molar-refractivity contribution in [2.75, 3.05) is 18.6 Å². The molecule has 0 radical (unpaired) electrons. The van der Waals surface area contributed by atoms with Gasteiger partial charge in [-0.3, -0.25) is 4.79 Å². The number of fused-ring (bicyclic) bond motifs is 1. The summed E-state index contributed by atoms with van der Waals surface area (Å²) in [7, 11) is 1.34. The fourth-order valence-electron chi connectivity index (χ4n) is 3.85. The molecular weight excluding hydrogens is 440 g/mol. The molecule has 32 heavy (non-hydrogen) atoms. The summed E-state index contributed by atoms with van der Waals surface area (Å²) < 4.78 is 85.1. The fraction of sp³-hybridized carbons (Fsp3) is 0.409. The van der Waals surface area contributed by atoms with Crippen molar-refractivity contribution < 1.29 is 41.0 Å². The van der Waals surface area contributed by atoms with E-state index < -0.39 is 35.5 Å². The van der Waals surface area contributed by atoms with E-state index in [0.717, 1.165) is 6.07 Å². The van der Waals surface area contributed by atoms with Gasteiger partial charge in [0.15, 0.2) is 6.10 Å². The minimum absolute atomic E-state index is 0.114. The molecule has 0 unspecified atom stereocenters. The van der Waals surface area contributed by atoms with Crippen LogP contribution in [0.3, 0.4) is 0 Å². The largest absolute Gasteiger partial charge is 0.430 e. The quantitative estimate of drug-likeness (QED) is 0.648. The van der Waals surface area contributed by atoms with Crippen LogP contribution in [0, 0.1) is 0 Å². The molecule has 0 aliphatic carbocycles. The first-order valence-electron chi connectivity index (χ1n) is 9.80. The summed E-state index contributed by atoms with van der Waals surface area (Å²) in [6.45, 7) is 0.223. The Hall–Kier alpha value is -2.59. The normalized spacial score (nSPS) is 16.3. The molecule has 3 rings (SSSR count). The lowest BCUT2D eigenvalue weighted by atomic mass is 9.89. The summed E-state index contributed by atoms with van der Waals surface area (Å²) in [5.41, 5.74) is -5.48. The molecule has 2 aromatic rings. The highest BCUT2D eigenvalue weighted by molar-refractivity contribution is 5.98. The molecule has 1 amide bonds. The van der Waals surface area contributed by atoms with Crippen LogP contribution < -0.4 is 4.90 Å². The number of anilines is 1. The molecule has 1 N–H and O–H groups in total. The maximum Gasteiger partial charge on any atom is 0.430 e. The molecule has 2 aromatic carbocycles. The minimum Gasteiger partial charge on any atom is -0.369 e. The van der Waals surface area contributed by atoms with Crippen LogP contribution in [-0.2, 0) is 21.6 Å². The van der Waals surface area contributed by atoms with E-state index in [4.69, 9.17) is 4.74 Å². The molecule has 0 aromatic heterocycles. The number of ether oxygens (including phenoxy) is 1. The number of nitrogens with zero attached hydrogens (tertiary/aromatic N) is 1. The van der Waals surface area contributed by atoms with E-state index in [0.29, 0.717) is 30.5 Å². The predicted octanol–water partition coefficient (Wildman–Crippen LogP) is 5.06. The van der Waals surface area contributed by atoms with E-state index in [-0.39, 0.29) is 24.2 Å². The Labute approximate surface area is 180 Å². The Balaban J connectivity index is 2.06. The third kappa shape index (κ3) is 4.21. The fourth-order valence-corrected chi connectivity index (χ4v) is 3.85. The Kier molecular flexibility index (Phi) is 6.57. The second kappa shape index (κ2) is 8.74. The first-order chi connectivity index (χ1) is 14.9. The van der Waals surface area contributed by atoms with Crippen molar-refractivity contribution in [2.45, 2.75) is 43.3 Å². The van der Waals surface area contributed by atoms with Crippen LogP contribution in [-0.4, -0.2) is 37.0 Å². The summed E-state index contributed by atoms with van der Waals surface area (Å²) in [6.07, 6.45) is -11.9. The van der Waals surface area contributed by atoms with Gasteiger partial charge in [-0.2, -0.15) is 26.3 Å². The van der Waals surface area contributed by atoms with E-state index in [1.807, 2.05) is 0 Å². The highest BCUT2D eigenvalue weighted by Gasteiger charge is 2.71. The number of halogens is 6. The molecule has 0 fully saturated rings. The SMILES string of the molecule is CO[C@H](C(=O)N1CCCCc2cc(C(O)(C(F)(F)F)C(F)(F)F)ccc21)c1ccccc1. The van der Waals surface area contributed by atoms with Gasteiger partial charge in [-0.05, 0) is 36.5 Å². The molecule has 0 saturated heterocycles. The van der Waals surface area contributed by atoms with Crippen LogP contribution in [0.15, 0.2) is 48.5 Å². The first-order valence-corrected chi connectivity index (χ1v) is 9.80. The van der Waals surface area contributed by atoms with Crippen molar-refractivity contribution in [3.05, 3.63) is 65.2 Å². The van der Waals surface area contributed by atoms with E-state index in [2.05, 4.69) is 0 Å². The van der Waals surface area contributed by atoms with Gasteiger partial charge in [0.2, 0.25) is 0 Å². The van der Waals surface area contributed by atoms with Crippen LogP contribution in [0.5, 0.6) is 0 Å². The standard InChI is InChI=1S/C22H21F6NO3/c1-32-18(14-7-3-2-4-8-14)19(30)29-12-6-5-9-15-13-16(10-11-17(15)29)20(31,21(23,24)25)22(26,27)28/h2-4,7-8,10-11,13,18,31H,5-6,9,12H2,1H3/t18-/m0/s1. The van der Waals surface area contributed by atoms with E-state index in [1.54, 1.807) is 30.3 Å². The highest BCUT2D eigenvalue weighted by Crippen LogP contribution is 2.50. The molecule has 1 aliphatic rings. The molecule has 174 valence electrons. The number of aryl methyl sites for hydroxylation is 1. The van der Waals surface area contributed by atoms with Gasteiger partial charge in [0, 0.05) is 24.9 Å². The average Bonchev–Trinajstić information content (AvgIpc) is 2.94. The van der Waals surface area contributed by atoms with E-state index in [9.17, 15) is 36.2 Å². The summed E-state index contributed by atoms with van der Waals surface area (Å²) >= 11 is 0. The monoisotopic (exact) mass is 461 g/mol. The van der Waals surface area contributed by atoms with Crippen molar-refractivity contribution in [1.82, 2.24) is 0 Å². The summed E-state index contributed by atoms with van der Waals surface area (Å²) in [5.74, 6) is -0.489. The predicted molar refractivity (Wildman–Crippen MR) is 104 cm³/mol. The van der Waals surface area contributed by atoms with Gasteiger partial charge in [-0.25, -0.2) is 0 Å². The van der Waals surface area contributed by atoms with Crippen LogP contribution in [0.4, 0.5) is 32.0 Å². The molecule has 4 nitrogen and oxygen atoms in total. The first kappa shape index (κ1) is 24.1. The lowest BCUT2D eigenvalue weighted by molar-refractivity contribution is -0.376. The number of alkyl halides is 6. The molecule has 0 saturated carbocycles. The van der Waals surface area contributed by atoms with E-state index in [1.165, 1.54) is 12.0 Å². The number of rotatable bonds is 4. The van der Waals surface area contributed by atoms with Gasteiger partial charge >= 0.3 is 12.4 Å². The smallest absolute Gasteiger partial charge is 0.369 e. The summed E-state index contributed by atoms with van der Waals surface area (Å²) in [6, 6.07) is 10.8. The second-order valence-corrected chi connectivity index (χ2v) is 7.52. The van der Waals surface area contributed by atoms with Crippen molar-refractivity contribution in [1.29, 1.82) is 0 Å². The zero-order chi connectivity index (χ0) is 23.7. The zero-order valence-electron chi connectivity index (χ0n) is 17.0. The lowest BCUT2D eigenvalue weighted by Crippen LogP contribution is -2.54. The number of carbonyl (C=O) groups is 1. The van der Waals surface area contributed by atoms with Crippen LogP contribution >= 0.6 is 0 Å². The van der Waals surface area contributed by atoms with Gasteiger partial charge < -0.3 is 14.7 Å². The molecule has 10 heteroatoms. The topological polar surface area (TPSA) is 49.8 Å². The van der Waals surface area contributed by atoms with Crippen molar-refractivity contribution >= 4 is 11.6 Å². The molecule has 0 spiro atoms. The number of carbonyl (C=O) groups excluding carboxylic acids is 1. The van der Waals surface area contributed by atoms with Crippen LogP contribution in [0.1, 0.15) is 35.6 Å². The Morgan fingerprint density at radius 2 is 1.62 bits per heavy atom. The Morgan fingerprint density at radius 3 is 2.19 bits per heavy atom. The van der Waals surface area contributed by atoms with Crippen molar-refractivity contribution in [2.24, 2.45) is 0 Å². The van der Waals surface area contributed by atoms with Gasteiger partial charge in [-0.15, -0.1) is 0 Å². The van der Waals surface area contributed by atoms with Crippen molar-refractivity contribution in [3.63, 3.8) is 0 Å². The summed E-state index contributed by atoms with van der Waals surface area (Å²) in [5, 5.41) is 9.73. The zero-order valence-corrected chi connectivity index (χ0v) is 17.0. The molecule has 1 aliphatic heterocycles. The van der Waals surface area contributed by atoms with Crippen LogP contribution in [0.25, 0.3) is 0 Å². The average molecular weight is 461 g/mol. The maximum absolute atomic E-state index is 13.3. The molecular formula is C22H21F6NO3. The number of hydrogen-bond donors (Lipinski definition) is 1. The van der Waals surface area contributed by atoms with Gasteiger partial charge in [-0.1, -0.05) is 42.5 Å². The highest BCUT2D eigenvalue weighted by atomic mass is 19.4. The van der Waals surface area contributed by atoms with Gasteiger partial charge in [0.1, 0.15) is 0 Å². The summed E-state index contributed by atoms with van der Waals surface area (Å²) in [4.78, 5) is 14.6. The lowest BCUT2D eigenvalue weighted by Gasteiger charge is -2.33. The number of aliphatic hydroxyl groups is 1. The van der Waals surface area contributed by atoms with Gasteiger partial charge in [0.05, 0.1) is 0 Å². The Bertz CT molecular complexity index is 944. The number of amides is 1. The molecule has 1 atom stereocenters. The Morgan fingerprint density at radius 1 is 1.00 bits per heavy atom. The maximum atomic E-state index is 13.3.